The van der Waals surface area contributed by atoms with Crippen LogP contribution in [-0.2, 0) is 19.1 Å². The van der Waals surface area contributed by atoms with Crippen LogP contribution >= 0.6 is 0 Å². The Bertz CT molecular complexity index is 1030. The Balaban J connectivity index is 1.14. The molecule has 4 aliphatic rings. The third-order valence-electron chi connectivity index (χ3n) is 7.49. The van der Waals surface area contributed by atoms with Crippen molar-refractivity contribution in [1.82, 2.24) is 10.3 Å². The zero-order valence-corrected chi connectivity index (χ0v) is 18.3. The first kappa shape index (κ1) is 20.9. The fraction of sp³-hybridized carbons (Fsp3) is 0.520. The third-order valence-corrected chi connectivity index (χ3v) is 7.49. The van der Waals surface area contributed by atoms with Gasteiger partial charge in [0.2, 0.25) is 5.91 Å². The minimum atomic E-state index is -0.981. The SMILES string of the molecule is CC(OC(=O)CNC(=O)C12CC3CC(CC(C3)C1)C2)C(=O)Nc1cccc2ncccc12. The summed E-state index contributed by atoms with van der Waals surface area (Å²) >= 11 is 0. The van der Waals surface area contributed by atoms with Crippen molar-refractivity contribution in [3.8, 4) is 0 Å². The smallest absolute Gasteiger partial charge is 0.326 e. The first-order chi connectivity index (χ1) is 15.4. The molecule has 0 radical (unpaired) electrons. The van der Waals surface area contributed by atoms with Crippen molar-refractivity contribution < 1.29 is 19.1 Å². The Hall–Kier alpha value is -2.96. The van der Waals surface area contributed by atoms with Crippen molar-refractivity contribution in [1.29, 1.82) is 0 Å². The first-order valence-corrected chi connectivity index (χ1v) is 11.5. The Morgan fingerprint density at radius 2 is 1.75 bits per heavy atom. The molecule has 6 rings (SSSR count). The van der Waals surface area contributed by atoms with Crippen LogP contribution in [0, 0.1) is 23.2 Å². The van der Waals surface area contributed by atoms with E-state index in [1.807, 2.05) is 18.2 Å². The predicted molar refractivity (Wildman–Crippen MR) is 120 cm³/mol. The van der Waals surface area contributed by atoms with Gasteiger partial charge in [0, 0.05) is 17.0 Å². The maximum Gasteiger partial charge on any atom is 0.326 e. The number of aromatic nitrogens is 1. The van der Waals surface area contributed by atoms with Gasteiger partial charge in [0.05, 0.1) is 11.2 Å². The van der Waals surface area contributed by atoms with Crippen LogP contribution < -0.4 is 10.6 Å². The lowest BCUT2D eigenvalue weighted by Crippen LogP contribution is -2.54. The van der Waals surface area contributed by atoms with Crippen molar-refractivity contribution in [3.63, 3.8) is 0 Å². The van der Waals surface area contributed by atoms with E-state index in [1.54, 1.807) is 18.3 Å². The second-order valence-corrected chi connectivity index (χ2v) is 9.88. The number of nitrogens with zero attached hydrogens (tertiary/aromatic N) is 1. The van der Waals surface area contributed by atoms with Crippen LogP contribution in [0.25, 0.3) is 10.9 Å². The van der Waals surface area contributed by atoms with E-state index in [1.165, 1.54) is 26.2 Å². The van der Waals surface area contributed by atoms with Gasteiger partial charge in [-0.25, -0.2) is 0 Å². The van der Waals surface area contributed by atoms with Crippen LogP contribution in [0.4, 0.5) is 5.69 Å². The summed E-state index contributed by atoms with van der Waals surface area (Å²) in [6, 6.07) is 9.12. The van der Waals surface area contributed by atoms with Gasteiger partial charge in [-0.05, 0) is 87.5 Å². The summed E-state index contributed by atoms with van der Waals surface area (Å²) < 4.78 is 5.28. The van der Waals surface area contributed by atoms with Gasteiger partial charge >= 0.3 is 5.97 Å². The maximum atomic E-state index is 13.0. The van der Waals surface area contributed by atoms with E-state index in [0.717, 1.165) is 30.2 Å². The number of carbonyl (C=O) groups is 3. The number of nitrogens with one attached hydrogen (secondary N) is 2. The van der Waals surface area contributed by atoms with Crippen molar-refractivity contribution in [3.05, 3.63) is 36.5 Å². The van der Waals surface area contributed by atoms with E-state index < -0.39 is 18.0 Å². The van der Waals surface area contributed by atoms with E-state index >= 15 is 0 Å². The van der Waals surface area contributed by atoms with Crippen LogP contribution in [0.15, 0.2) is 36.5 Å². The van der Waals surface area contributed by atoms with Crippen molar-refractivity contribution >= 4 is 34.4 Å². The lowest BCUT2D eigenvalue weighted by Gasteiger charge is -2.55. The van der Waals surface area contributed by atoms with Gasteiger partial charge in [0.25, 0.3) is 5.91 Å². The Morgan fingerprint density at radius 3 is 2.44 bits per heavy atom. The zero-order chi connectivity index (χ0) is 22.3. The molecule has 7 nitrogen and oxygen atoms in total. The number of carbonyl (C=O) groups excluding carboxylic acids is 3. The Morgan fingerprint density at radius 1 is 1.06 bits per heavy atom. The molecule has 7 heteroatoms. The van der Waals surface area contributed by atoms with Crippen LogP contribution in [-0.4, -0.2) is 35.4 Å². The monoisotopic (exact) mass is 435 g/mol. The fourth-order valence-electron chi connectivity index (χ4n) is 6.47. The summed E-state index contributed by atoms with van der Waals surface area (Å²) in [6.07, 6.45) is 7.31. The molecule has 1 heterocycles. The summed E-state index contributed by atoms with van der Waals surface area (Å²) in [6.45, 7) is 1.31. The largest absolute Gasteiger partial charge is 0.451 e. The molecule has 4 bridgehead atoms. The molecule has 1 aromatic heterocycles. The maximum absolute atomic E-state index is 13.0. The molecule has 168 valence electrons. The highest BCUT2D eigenvalue weighted by molar-refractivity contribution is 6.03. The van der Waals surface area contributed by atoms with E-state index in [0.29, 0.717) is 23.4 Å². The van der Waals surface area contributed by atoms with Gasteiger partial charge in [0.1, 0.15) is 6.54 Å². The number of benzene rings is 1. The molecule has 1 atom stereocenters. The Labute approximate surface area is 187 Å². The average molecular weight is 436 g/mol. The van der Waals surface area contributed by atoms with Crippen molar-refractivity contribution in [2.45, 2.75) is 51.6 Å². The van der Waals surface area contributed by atoms with Gasteiger partial charge in [-0.2, -0.15) is 0 Å². The molecular weight excluding hydrogens is 406 g/mol. The van der Waals surface area contributed by atoms with E-state index in [-0.39, 0.29) is 17.9 Å². The van der Waals surface area contributed by atoms with Gasteiger partial charge in [0.15, 0.2) is 6.10 Å². The summed E-state index contributed by atoms with van der Waals surface area (Å²) in [5.41, 5.74) is 1.07. The standard InChI is InChI=1S/C25H29N3O4/c1-15(23(30)28-21-6-2-5-20-19(21)4-3-7-26-20)32-22(29)14-27-24(31)25-11-16-8-17(12-25)10-18(9-16)13-25/h2-7,15-18H,8-14H2,1H3,(H,27,31)(H,28,30). The molecule has 4 fully saturated rings. The van der Waals surface area contributed by atoms with Gasteiger partial charge in [-0.15, -0.1) is 0 Å². The number of rotatable bonds is 6. The minimum Gasteiger partial charge on any atom is -0.451 e. The zero-order valence-electron chi connectivity index (χ0n) is 18.3. The molecular formula is C25H29N3O4. The average Bonchev–Trinajstić information content (AvgIpc) is 2.76. The number of amides is 2. The van der Waals surface area contributed by atoms with Gasteiger partial charge < -0.3 is 15.4 Å². The van der Waals surface area contributed by atoms with Crippen molar-refractivity contribution in [2.24, 2.45) is 23.2 Å². The Kier molecular flexibility index (Phi) is 5.35. The quantitative estimate of drug-likeness (QED) is 0.678. The normalized spacial score (nSPS) is 28.8. The minimum absolute atomic E-state index is 0.0195. The second kappa shape index (κ2) is 8.19. The highest BCUT2D eigenvalue weighted by Gasteiger charge is 2.54. The number of hydrogen-bond acceptors (Lipinski definition) is 5. The number of anilines is 1. The van der Waals surface area contributed by atoms with Gasteiger partial charge in [-0.1, -0.05) is 6.07 Å². The molecule has 2 aromatic rings. The number of pyridine rings is 1. The van der Waals surface area contributed by atoms with Gasteiger partial charge in [-0.3, -0.25) is 19.4 Å². The molecule has 1 unspecified atom stereocenters. The molecule has 2 amide bonds. The van der Waals surface area contributed by atoms with Crippen LogP contribution in [0.2, 0.25) is 0 Å². The highest BCUT2D eigenvalue weighted by atomic mass is 16.5. The van der Waals surface area contributed by atoms with E-state index in [2.05, 4.69) is 15.6 Å². The van der Waals surface area contributed by atoms with Crippen LogP contribution in [0.1, 0.15) is 45.4 Å². The third kappa shape index (κ3) is 3.96. The van der Waals surface area contributed by atoms with Crippen LogP contribution in [0.5, 0.6) is 0 Å². The number of esters is 1. The van der Waals surface area contributed by atoms with E-state index in [4.69, 9.17) is 4.74 Å². The highest BCUT2D eigenvalue weighted by Crippen LogP contribution is 2.60. The number of hydrogen-bond donors (Lipinski definition) is 2. The first-order valence-electron chi connectivity index (χ1n) is 11.5. The second-order valence-electron chi connectivity index (χ2n) is 9.88. The molecule has 0 spiro atoms. The fourth-order valence-corrected chi connectivity index (χ4v) is 6.47. The summed E-state index contributed by atoms with van der Waals surface area (Å²) in [4.78, 5) is 42.1. The molecule has 1 aromatic carbocycles. The lowest BCUT2D eigenvalue weighted by molar-refractivity contribution is -0.155. The number of fused-ring (bicyclic) bond motifs is 1. The van der Waals surface area contributed by atoms with Crippen LogP contribution in [0.3, 0.4) is 0 Å². The van der Waals surface area contributed by atoms with Crippen molar-refractivity contribution in [2.75, 3.05) is 11.9 Å². The number of ether oxygens (including phenoxy) is 1. The molecule has 0 saturated heterocycles. The predicted octanol–water partition coefficient (Wildman–Crippen LogP) is 3.44. The molecule has 4 aliphatic carbocycles. The molecule has 4 saturated carbocycles. The summed E-state index contributed by atoms with van der Waals surface area (Å²) in [7, 11) is 0. The lowest BCUT2D eigenvalue weighted by atomic mass is 9.49. The molecule has 0 aliphatic heterocycles. The molecule has 2 N–H and O–H groups in total. The van der Waals surface area contributed by atoms with E-state index in [9.17, 15) is 14.4 Å². The topological polar surface area (TPSA) is 97.4 Å². The molecule has 32 heavy (non-hydrogen) atoms. The summed E-state index contributed by atoms with van der Waals surface area (Å²) in [5, 5.41) is 6.41. The summed E-state index contributed by atoms with van der Waals surface area (Å²) in [5.74, 6) is 0.923.